The molecule has 21 heavy (non-hydrogen) atoms. The van der Waals surface area contributed by atoms with E-state index in [4.69, 9.17) is 17.0 Å². The van der Waals surface area contributed by atoms with Crippen molar-refractivity contribution in [1.29, 1.82) is 0 Å². The largest absolute Gasteiger partial charge is 0.507 e. The Labute approximate surface area is 128 Å². The van der Waals surface area contributed by atoms with Crippen LogP contribution in [0.3, 0.4) is 0 Å². The van der Waals surface area contributed by atoms with Gasteiger partial charge in [0.1, 0.15) is 11.5 Å². The molecule has 1 aromatic carbocycles. The first-order valence-corrected chi connectivity index (χ1v) is 7.23. The van der Waals surface area contributed by atoms with Crippen LogP contribution in [0.5, 0.6) is 11.5 Å². The van der Waals surface area contributed by atoms with E-state index in [0.29, 0.717) is 29.1 Å². The number of aromatic nitrogens is 3. The van der Waals surface area contributed by atoms with Gasteiger partial charge in [0.15, 0.2) is 5.82 Å². The number of H-pyrrole nitrogens is 1. The van der Waals surface area contributed by atoms with Crippen molar-refractivity contribution in [3.8, 4) is 11.5 Å². The van der Waals surface area contributed by atoms with Crippen molar-refractivity contribution in [2.45, 2.75) is 26.7 Å². The average molecular weight is 306 g/mol. The summed E-state index contributed by atoms with van der Waals surface area (Å²) in [6, 6.07) is 5.12. The molecule has 0 saturated heterocycles. The monoisotopic (exact) mass is 306 g/mol. The third kappa shape index (κ3) is 3.69. The number of nitrogens with zero attached hydrogens (tertiary/aromatic N) is 3. The lowest BCUT2D eigenvalue weighted by Gasteiger charge is -2.06. The van der Waals surface area contributed by atoms with Crippen molar-refractivity contribution in [2.75, 3.05) is 6.61 Å². The minimum absolute atomic E-state index is 0.111. The molecule has 0 aliphatic rings. The third-order valence-electron chi connectivity index (χ3n) is 2.82. The van der Waals surface area contributed by atoms with Gasteiger partial charge in [-0.1, -0.05) is 13.8 Å². The molecule has 112 valence electrons. The Morgan fingerprint density at radius 3 is 2.95 bits per heavy atom. The lowest BCUT2D eigenvalue weighted by molar-refractivity contribution is 0.315. The normalized spacial score (nSPS) is 11.1. The molecule has 2 rings (SSSR count). The topological polar surface area (TPSA) is 75.4 Å². The van der Waals surface area contributed by atoms with Gasteiger partial charge in [-0.05, 0) is 30.8 Å². The van der Waals surface area contributed by atoms with E-state index in [1.54, 1.807) is 24.4 Å². The number of aromatic amines is 1. The Hall–Kier alpha value is -2.15. The number of hydrogen-bond acceptors (Lipinski definition) is 5. The molecule has 2 aromatic rings. The minimum atomic E-state index is 0.111. The molecule has 0 fully saturated rings. The number of ether oxygens (including phenoxy) is 1. The van der Waals surface area contributed by atoms with E-state index in [-0.39, 0.29) is 5.75 Å². The van der Waals surface area contributed by atoms with Crippen LogP contribution >= 0.6 is 12.2 Å². The molecule has 0 spiro atoms. The summed E-state index contributed by atoms with van der Waals surface area (Å²) in [6.07, 6.45) is 3.17. The predicted octanol–water partition coefficient (Wildman–Crippen LogP) is 2.88. The molecule has 1 aromatic heterocycles. The van der Waals surface area contributed by atoms with Crippen LogP contribution in [0.25, 0.3) is 0 Å². The van der Waals surface area contributed by atoms with Crippen LogP contribution in [0.1, 0.15) is 31.7 Å². The van der Waals surface area contributed by atoms with E-state index in [2.05, 4.69) is 15.3 Å². The first-order chi connectivity index (χ1) is 10.2. The van der Waals surface area contributed by atoms with Crippen molar-refractivity contribution < 1.29 is 9.84 Å². The van der Waals surface area contributed by atoms with Gasteiger partial charge in [-0.25, -0.2) is 0 Å². The van der Waals surface area contributed by atoms with Crippen LogP contribution in [0.2, 0.25) is 0 Å². The Balaban J connectivity index is 2.21. The van der Waals surface area contributed by atoms with Gasteiger partial charge in [-0.3, -0.25) is 5.10 Å². The highest BCUT2D eigenvalue weighted by molar-refractivity contribution is 7.71. The maximum atomic E-state index is 9.99. The Bertz CT molecular complexity index is 691. The molecule has 0 radical (unpaired) electrons. The van der Waals surface area contributed by atoms with E-state index in [9.17, 15) is 5.11 Å². The molecule has 0 aliphatic carbocycles. The average Bonchev–Trinajstić information content (AvgIpc) is 2.84. The second-order valence-corrected chi connectivity index (χ2v) is 4.81. The van der Waals surface area contributed by atoms with Crippen LogP contribution in [-0.2, 0) is 6.42 Å². The zero-order valence-corrected chi connectivity index (χ0v) is 12.9. The van der Waals surface area contributed by atoms with Crippen molar-refractivity contribution >= 4 is 18.4 Å². The molecule has 0 saturated carbocycles. The second-order valence-electron chi connectivity index (χ2n) is 4.42. The number of phenols is 1. The number of rotatable bonds is 6. The van der Waals surface area contributed by atoms with Crippen molar-refractivity contribution in [2.24, 2.45) is 5.10 Å². The van der Waals surface area contributed by atoms with Crippen LogP contribution in [-0.4, -0.2) is 32.8 Å². The molecule has 0 unspecified atom stereocenters. The van der Waals surface area contributed by atoms with E-state index in [1.807, 2.05) is 13.8 Å². The summed E-state index contributed by atoms with van der Waals surface area (Å²) in [7, 11) is 0. The molecular weight excluding hydrogens is 288 g/mol. The predicted molar refractivity (Wildman–Crippen MR) is 83.7 cm³/mol. The number of hydrogen-bond donors (Lipinski definition) is 2. The highest BCUT2D eigenvalue weighted by Gasteiger charge is 2.04. The highest BCUT2D eigenvalue weighted by Crippen LogP contribution is 2.22. The first-order valence-electron chi connectivity index (χ1n) is 6.82. The Kier molecular flexibility index (Phi) is 5.10. The van der Waals surface area contributed by atoms with Gasteiger partial charge in [0.2, 0.25) is 4.77 Å². The van der Waals surface area contributed by atoms with Gasteiger partial charge in [-0.15, -0.1) is 0 Å². The minimum Gasteiger partial charge on any atom is -0.507 e. The summed E-state index contributed by atoms with van der Waals surface area (Å²) >= 11 is 5.10. The molecule has 7 heteroatoms. The van der Waals surface area contributed by atoms with E-state index < -0.39 is 0 Å². The number of nitrogens with one attached hydrogen (secondary N) is 1. The van der Waals surface area contributed by atoms with Gasteiger partial charge >= 0.3 is 0 Å². The van der Waals surface area contributed by atoms with Crippen LogP contribution in [0.15, 0.2) is 23.3 Å². The van der Waals surface area contributed by atoms with Crippen LogP contribution in [0.4, 0.5) is 0 Å². The smallest absolute Gasteiger partial charge is 0.216 e. The van der Waals surface area contributed by atoms with Gasteiger partial charge in [0, 0.05) is 18.1 Å². The summed E-state index contributed by atoms with van der Waals surface area (Å²) in [6.45, 7) is 4.62. The molecule has 2 N–H and O–H groups in total. The summed E-state index contributed by atoms with van der Waals surface area (Å²) in [4.78, 5) is 0. The number of aryl methyl sites for hydroxylation is 1. The van der Waals surface area contributed by atoms with Crippen molar-refractivity contribution in [3.05, 3.63) is 34.4 Å². The van der Waals surface area contributed by atoms with E-state index >= 15 is 0 Å². The fourth-order valence-electron chi connectivity index (χ4n) is 1.73. The van der Waals surface area contributed by atoms with Gasteiger partial charge in [-0.2, -0.15) is 14.9 Å². The standard InChI is InChI=1S/C14H18N4O2S/c1-3-7-20-11-6-5-10(12(19)8-11)9-15-18-13(4-2)16-17-14(18)21/h5-6,8-9,19H,3-4,7H2,1-2H3,(H,17,21). The fourth-order valence-corrected chi connectivity index (χ4v) is 1.93. The molecule has 1 heterocycles. The molecule has 6 nitrogen and oxygen atoms in total. The van der Waals surface area contributed by atoms with E-state index in [1.165, 1.54) is 4.68 Å². The lowest BCUT2D eigenvalue weighted by Crippen LogP contribution is -1.98. The van der Waals surface area contributed by atoms with Gasteiger partial charge < -0.3 is 9.84 Å². The maximum Gasteiger partial charge on any atom is 0.216 e. The fraction of sp³-hybridized carbons (Fsp3) is 0.357. The molecule has 0 amide bonds. The van der Waals surface area contributed by atoms with Crippen LogP contribution < -0.4 is 4.74 Å². The summed E-state index contributed by atoms with van der Waals surface area (Å²) in [5.41, 5.74) is 0.587. The van der Waals surface area contributed by atoms with Gasteiger partial charge in [0.25, 0.3) is 0 Å². The van der Waals surface area contributed by atoms with Gasteiger partial charge in [0.05, 0.1) is 12.8 Å². The first kappa shape index (κ1) is 15.2. The van der Waals surface area contributed by atoms with E-state index in [0.717, 1.165) is 12.2 Å². The zero-order chi connectivity index (χ0) is 15.2. The number of phenolic OH excluding ortho intramolecular Hbond substituents is 1. The molecule has 0 atom stereocenters. The van der Waals surface area contributed by atoms with Crippen LogP contribution in [0, 0.1) is 4.77 Å². The Morgan fingerprint density at radius 2 is 2.29 bits per heavy atom. The number of aromatic hydroxyl groups is 1. The van der Waals surface area contributed by atoms with Crippen molar-refractivity contribution in [3.63, 3.8) is 0 Å². The van der Waals surface area contributed by atoms with Crippen molar-refractivity contribution in [1.82, 2.24) is 14.9 Å². The maximum absolute atomic E-state index is 9.99. The highest BCUT2D eigenvalue weighted by atomic mass is 32.1. The third-order valence-corrected chi connectivity index (χ3v) is 3.08. The summed E-state index contributed by atoms with van der Waals surface area (Å²) in [5.74, 6) is 1.49. The molecular formula is C14H18N4O2S. The summed E-state index contributed by atoms with van der Waals surface area (Å²) < 4.78 is 7.42. The Morgan fingerprint density at radius 1 is 1.48 bits per heavy atom. The lowest BCUT2D eigenvalue weighted by atomic mass is 10.2. The SMILES string of the molecule is CCCOc1ccc(C=Nn2c(CC)n[nH]c2=S)c(O)c1. The number of benzene rings is 1. The second kappa shape index (κ2) is 7.03. The summed E-state index contributed by atoms with van der Waals surface area (Å²) in [5, 5.41) is 21.0. The molecule has 0 aliphatic heterocycles. The quantitative estimate of drug-likeness (QED) is 0.635. The zero-order valence-electron chi connectivity index (χ0n) is 12.0. The molecule has 0 bridgehead atoms.